The van der Waals surface area contributed by atoms with Crippen LogP contribution in [0, 0.1) is 13.8 Å². The van der Waals surface area contributed by atoms with Crippen molar-refractivity contribution in [1.29, 1.82) is 0 Å². The Kier molecular flexibility index (Phi) is 12.4. The average Bonchev–Trinajstić information content (AvgIpc) is 2.84. The fraction of sp³-hybridized carbons (Fsp3) is 0.500. The van der Waals surface area contributed by atoms with Crippen molar-refractivity contribution in [2.45, 2.75) is 72.4 Å². The largest absolute Gasteiger partial charge is 0.354 e. The molecule has 38 heavy (non-hydrogen) atoms. The van der Waals surface area contributed by atoms with E-state index in [0.29, 0.717) is 34.3 Å². The van der Waals surface area contributed by atoms with Gasteiger partial charge in [0, 0.05) is 41.7 Å². The van der Waals surface area contributed by atoms with Crippen molar-refractivity contribution in [3.8, 4) is 0 Å². The van der Waals surface area contributed by atoms with E-state index in [2.05, 4.69) is 5.32 Å². The smallest absolute Gasteiger partial charge is 0.242 e. The topological polar surface area (TPSA) is 86.8 Å². The number of halogens is 2. The predicted molar refractivity (Wildman–Crippen MR) is 156 cm³/mol. The first-order chi connectivity index (χ1) is 17.9. The molecule has 10 heteroatoms. The van der Waals surface area contributed by atoms with Crippen LogP contribution in [0.1, 0.15) is 62.6 Å². The predicted octanol–water partition coefficient (Wildman–Crippen LogP) is 5.88. The molecule has 0 aliphatic carbocycles. The van der Waals surface area contributed by atoms with Crippen LogP contribution in [-0.4, -0.2) is 50.5 Å². The maximum absolute atomic E-state index is 13.6. The van der Waals surface area contributed by atoms with Gasteiger partial charge in [-0.05, 0) is 62.4 Å². The summed E-state index contributed by atoms with van der Waals surface area (Å²) >= 11 is 12.8. The minimum atomic E-state index is -3.57. The summed E-state index contributed by atoms with van der Waals surface area (Å²) in [5, 5.41) is 3.75. The molecule has 0 saturated heterocycles. The van der Waals surface area contributed by atoms with Gasteiger partial charge in [-0.15, -0.1) is 0 Å². The van der Waals surface area contributed by atoms with Crippen molar-refractivity contribution < 1.29 is 18.0 Å². The second-order valence-electron chi connectivity index (χ2n) is 9.52. The second-order valence-corrected chi connectivity index (χ2v) is 12.2. The van der Waals surface area contributed by atoms with E-state index in [1.54, 1.807) is 18.2 Å². The van der Waals surface area contributed by atoms with Crippen LogP contribution in [0.3, 0.4) is 0 Å². The molecule has 0 spiro atoms. The zero-order valence-corrected chi connectivity index (χ0v) is 25.2. The number of hydrogen-bond donors (Lipinski definition) is 1. The quantitative estimate of drug-likeness (QED) is 0.281. The number of nitrogens with zero attached hydrogens (tertiary/aromatic N) is 2. The number of carbonyl (C=O) groups excluding carboxylic acids is 2. The number of aryl methyl sites for hydroxylation is 2. The molecule has 210 valence electrons. The summed E-state index contributed by atoms with van der Waals surface area (Å²) in [5.74, 6) is -0.501. The molecule has 0 aliphatic heterocycles. The Morgan fingerprint density at radius 3 is 2.26 bits per heavy atom. The van der Waals surface area contributed by atoms with Gasteiger partial charge in [0.2, 0.25) is 21.8 Å². The Balaban J connectivity index is 2.29. The molecule has 2 rings (SSSR count). The van der Waals surface area contributed by atoms with Crippen molar-refractivity contribution in [2.75, 3.05) is 23.7 Å². The van der Waals surface area contributed by atoms with E-state index in [1.165, 1.54) is 9.21 Å². The first-order valence-corrected chi connectivity index (χ1v) is 15.6. The molecule has 0 aromatic heterocycles. The number of sulfonamides is 1. The number of benzene rings is 2. The molecule has 0 heterocycles. The lowest BCUT2D eigenvalue weighted by molar-refractivity contribution is -0.141. The Morgan fingerprint density at radius 1 is 1.03 bits per heavy atom. The molecule has 0 fully saturated rings. The summed E-state index contributed by atoms with van der Waals surface area (Å²) in [6.45, 7) is 8.39. The van der Waals surface area contributed by atoms with Crippen molar-refractivity contribution in [3.63, 3.8) is 0 Å². The first-order valence-electron chi connectivity index (χ1n) is 13.0. The van der Waals surface area contributed by atoms with Gasteiger partial charge < -0.3 is 10.2 Å². The van der Waals surface area contributed by atoms with Gasteiger partial charge in [0.25, 0.3) is 0 Å². The van der Waals surface area contributed by atoms with Gasteiger partial charge in [0.15, 0.2) is 0 Å². The van der Waals surface area contributed by atoms with E-state index < -0.39 is 16.1 Å². The third-order valence-corrected chi connectivity index (χ3v) is 8.28. The van der Waals surface area contributed by atoms with Crippen LogP contribution in [0.25, 0.3) is 0 Å². The molecule has 7 nitrogen and oxygen atoms in total. The number of nitrogens with one attached hydrogen (secondary N) is 1. The highest BCUT2D eigenvalue weighted by molar-refractivity contribution is 7.92. The molecule has 2 aromatic carbocycles. The molecular formula is C28H39Cl2N3O4S. The summed E-state index contributed by atoms with van der Waals surface area (Å²) in [6, 6.07) is 10.0. The van der Waals surface area contributed by atoms with Gasteiger partial charge in [-0.2, -0.15) is 0 Å². The number of anilines is 1. The molecule has 0 bridgehead atoms. The summed E-state index contributed by atoms with van der Waals surface area (Å²) in [7, 11) is -3.57. The Bertz CT molecular complexity index is 1200. The molecule has 2 amide bonds. The molecule has 0 aliphatic rings. The zero-order chi connectivity index (χ0) is 28.5. The summed E-state index contributed by atoms with van der Waals surface area (Å²) in [4.78, 5) is 28.2. The van der Waals surface area contributed by atoms with Crippen LogP contribution >= 0.6 is 23.2 Å². The van der Waals surface area contributed by atoms with Crippen molar-refractivity contribution >= 4 is 50.7 Å². The van der Waals surface area contributed by atoms with Crippen LogP contribution in [0.5, 0.6) is 0 Å². The summed E-state index contributed by atoms with van der Waals surface area (Å²) in [5.41, 5.74) is 2.94. The number of unbranched alkanes of at least 4 members (excludes halogenated alkanes) is 1. The van der Waals surface area contributed by atoms with Gasteiger partial charge in [0.05, 0.1) is 11.9 Å². The fourth-order valence-corrected chi connectivity index (χ4v) is 5.78. The molecule has 0 unspecified atom stereocenters. The maximum Gasteiger partial charge on any atom is 0.242 e. The lowest BCUT2D eigenvalue weighted by Crippen LogP contribution is -2.49. The van der Waals surface area contributed by atoms with E-state index in [1.807, 2.05) is 45.9 Å². The van der Waals surface area contributed by atoms with Crippen LogP contribution in [0.2, 0.25) is 10.0 Å². The molecule has 1 N–H and O–H groups in total. The first kappa shape index (κ1) is 31.9. The molecule has 2 aromatic rings. The lowest BCUT2D eigenvalue weighted by atomic mass is 10.1. The normalized spacial score (nSPS) is 12.2. The number of carbonyl (C=O) groups is 2. The SMILES string of the molecule is CCCCNC(=O)[C@H](CC)N(Cc1c(Cl)cccc1Cl)C(=O)CCCN(c1cc(C)ccc1C)S(C)(=O)=O. The molecule has 0 saturated carbocycles. The highest BCUT2D eigenvalue weighted by Gasteiger charge is 2.30. The fourth-order valence-electron chi connectivity index (χ4n) is 4.25. The van der Waals surface area contributed by atoms with E-state index in [4.69, 9.17) is 23.2 Å². The third-order valence-electron chi connectivity index (χ3n) is 6.39. The Hall–Kier alpha value is -2.29. The Labute approximate surface area is 237 Å². The average molecular weight is 585 g/mol. The zero-order valence-electron chi connectivity index (χ0n) is 22.9. The van der Waals surface area contributed by atoms with Gasteiger partial charge in [-0.25, -0.2) is 8.42 Å². The van der Waals surface area contributed by atoms with Gasteiger partial charge in [-0.3, -0.25) is 13.9 Å². The number of hydrogen-bond acceptors (Lipinski definition) is 4. The summed E-state index contributed by atoms with van der Waals surface area (Å²) < 4.78 is 26.6. The van der Waals surface area contributed by atoms with Crippen LogP contribution in [0.4, 0.5) is 5.69 Å². The van der Waals surface area contributed by atoms with Crippen molar-refractivity contribution in [2.24, 2.45) is 0 Å². The van der Waals surface area contributed by atoms with Gasteiger partial charge in [-0.1, -0.05) is 61.7 Å². The molecule has 0 radical (unpaired) electrons. The number of amides is 2. The lowest BCUT2D eigenvalue weighted by Gasteiger charge is -2.31. The number of rotatable bonds is 14. The summed E-state index contributed by atoms with van der Waals surface area (Å²) in [6.07, 6.45) is 3.68. The maximum atomic E-state index is 13.6. The van der Waals surface area contributed by atoms with E-state index in [9.17, 15) is 18.0 Å². The minimum absolute atomic E-state index is 0.0533. The molecular weight excluding hydrogens is 545 g/mol. The van der Waals surface area contributed by atoms with E-state index in [0.717, 1.165) is 30.2 Å². The minimum Gasteiger partial charge on any atom is -0.354 e. The highest BCUT2D eigenvalue weighted by Crippen LogP contribution is 2.28. The van der Waals surface area contributed by atoms with Crippen LogP contribution in [0.15, 0.2) is 36.4 Å². The monoisotopic (exact) mass is 583 g/mol. The third kappa shape index (κ3) is 8.89. The van der Waals surface area contributed by atoms with Crippen molar-refractivity contribution in [3.05, 3.63) is 63.1 Å². The van der Waals surface area contributed by atoms with Crippen LogP contribution in [-0.2, 0) is 26.2 Å². The van der Waals surface area contributed by atoms with E-state index in [-0.39, 0.29) is 37.7 Å². The van der Waals surface area contributed by atoms with Gasteiger partial charge >= 0.3 is 0 Å². The highest BCUT2D eigenvalue weighted by atomic mass is 35.5. The molecule has 1 atom stereocenters. The van der Waals surface area contributed by atoms with E-state index >= 15 is 0 Å². The van der Waals surface area contributed by atoms with Crippen LogP contribution < -0.4 is 9.62 Å². The Morgan fingerprint density at radius 2 is 1.68 bits per heavy atom. The second kappa shape index (κ2) is 14.8. The standard InChI is InChI=1S/C28H39Cl2N3O4S/c1-6-8-16-31-28(35)25(7-2)32(19-22-23(29)11-9-12-24(22)30)27(34)13-10-17-33(38(5,36)37)26-18-20(3)14-15-21(26)4/h9,11-12,14-15,18,25H,6-8,10,13,16-17,19H2,1-5H3,(H,31,35)/t25-/m0/s1. The van der Waals surface area contributed by atoms with Gasteiger partial charge in [0.1, 0.15) is 6.04 Å². The van der Waals surface area contributed by atoms with Crippen molar-refractivity contribution in [1.82, 2.24) is 10.2 Å².